The van der Waals surface area contributed by atoms with Crippen LogP contribution in [0.5, 0.6) is 5.75 Å². The maximum atomic E-state index is 8.65. The van der Waals surface area contributed by atoms with Gasteiger partial charge in [-0.3, -0.25) is 0 Å². The monoisotopic (exact) mass is 192 g/mol. The topological polar surface area (TPSA) is 59.0 Å². The van der Waals surface area contributed by atoms with Gasteiger partial charge in [0, 0.05) is 0 Å². The summed E-state index contributed by atoms with van der Waals surface area (Å²) in [6.07, 6.45) is 0. The number of aryl methyl sites for hydroxylation is 1. The highest BCUT2D eigenvalue weighted by molar-refractivity contribution is 7.80. The smallest absolute Gasteiger partial charge is 0.259 e. The summed E-state index contributed by atoms with van der Waals surface area (Å²) < 4.78 is 5.00. The molecule has 0 unspecified atom stereocenters. The van der Waals surface area contributed by atoms with Gasteiger partial charge in [-0.2, -0.15) is 5.26 Å². The zero-order valence-corrected chi connectivity index (χ0v) is 7.89. The molecule has 0 aromatic heterocycles. The Balaban J connectivity index is 3.03. The number of hydrogen-bond donors (Lipinski definition) is 1. The molecule has 1 aromatic rings. The minimum atomic E-state index is -0.0468. The van der Waals surface area contributed by atoms with Crippen LogP contribution in [0.25, 0.3) is 0 Å². The van der Waals surface area contributed by atoms with Gasteiger partial charge in [0.05, 0.1) is 11.6 Å². The summed E-state index contributed by atoms with van der Waals surface area (Å²) in [6, 6.07) is 7.13. The van der Waals surface area contributed by atoms with Gasteiger partial charge in [-0.1, -0.05) is 0 Å². The van der Waals surface area contributed by atoms with Crippen molar-refractivity contribution >= 4 is 17.4 Å². The zero-order chi connectivity index (χ0) is 9.84. The lowest BCUT2D eigenvalue weighted by Gasteiger charge is -2.03. The molecule has 0 bridgehead atoms. The van der Waals surface area contributed by atoms with Crippen LogP contribution in [0.1, 0.15) is 11.1 Å². The molecule has 0 saturated carbocycles. The van der Waals surface area contributed by atoms with Crippen LogP contribution in [0.2, 0.25) is 0 Å². The number of ether oxygens (including phenoxy) is 1. The third kappa shape index (κ3) is 2.73. The van der Waals surface area contributed by atoms with Crippen LogP contribution in [0.3, 0.4) is 0 Å². The summed E-state index contributed by atoms with van der Waals surface area (Å²) >= 11 is 4.57. The summed E-state index contributed by atoms with van der Waals surface area (Å²) in [6.45, 7) is 1.87. The van der Waals surface area contributed by atoms with Gasteiger partial charge in [0.15, 0.2) is 0 Å². The molecular weight excluding hydrogens is 184 g/mol. The van der Waals surface area contributed by atoms with E-state index in [9.17, 15) is 0 Å². The van der Waals surface area contributed by atoms with Crippen molar-refractivity contribution in [3.63, 3.8) is 0 Å². The van der Waals surface area contributed by atoms with Crippen molar-refractivity contribution in [3.05, 3.63) is 29.3 Å². The molecule has 0 saturated heterocycles. The van der Waals surface area contributed by atoms with Gasteiger partial charge >= 0.3 is 0 Å². The molecule has 2 N–H and O–H groups in total. The normalized spacial score (nSPS) is 8.92. The molecule has 0 aliphatic rings. The maximum absolute atomic E-state index is 8.65. The van der Waals surface area contributed by atoms with E-state index in [1.54, 1.807) is 18.2 Å². The van der Waals surface area contributed by atoms with Crippen molar-refractivity contribution in [3.8, 4) is 11.8 Å². The lowest BCUT2D eigenvalue weighted by molar-refractivity contribution is 0.556. The summed E-state index contributed by atoms with van der Waals surface area (Å²) in [4.78, 5) is 0. The van der Waals surface area contributed by atoms with Crippen molar-refractivity contribution in [2.75, 3.05) is 0 Å². The average molecular weight is 192 g/mol. The Kier molecular flexibility index (Phi) is 2.83. The minimum Gasteiger partial charge on any atom is -0.432 e. The molecule has 1 aromatic carbocycles. The number of nitrogens with two attached hydrogens (primary N) is 1. The summed E-state index contributed by atoms with van der Waals surface area (Å²) in [5, 5.41) is 8.60. The molecule has 1 rings (SSSR count). The van der Waals surface area contributed by atoms with E-state index in [2.05, 4.69) is 12.2 Å². The Bertz CT molecular complexity index is 382. The second-order valence-corrected chi connectivity index (χ2v) is 2.97. The third-order valence-corrected chi connectivity index (χ3v) is 1.48. The minimum absolute atomic E-state index is 0.0468. The SMILES string of the molecule is Cc1cc(C#N)cc(OC(N)=S)c1. The molecule has 0 amide bonds. The van der Waals surface area contributed by atoms with Gasteiger partial charge in [-0.05, 0) is 42.9 Å². The standard InChI is InChI=1S/C9H8N2OS/c1-6-2-7(5-10)4-8(3-6)12-9(11)13/h2-4H,1H3,(H2,11,13). The Labute approximate surface area is 81.7 Å². The molecule has 0 aliphatic heterocycles. The van der Waals surface area contributed by atoms with Crippen molar-refractivity contribution < 1.29 is 4.74 Å². The van der Waals surface area contributed by atoms with Crippen LogP contribution in [-0.2, 0) is 0 Å². The van der Waals surface area contributed by atoms with E-state index in [4.69, 9.17) is 15.7 Å². The van der Waals surface area contributed by atoms with E-state index in [0.717, 1.165) is 5.56 Å². The number of thiocarbonyl (C=S) groups is 1. The Morgan fingerprint density at radius 2 is 2.23 bits per heavy atom. The largest absolute Gasteiger partial charge is 0.432 e. The number of hydrogen-bond acceptors (Lipinski definition) is 3. The zero-order valence-electron chi connectivity index (χ0n) is 7.07. The van der Waals surface area contributed by atoms with E-state index in [1.165, 1.54) is 0 Å². The van der Waals surface area contributed by atoms with Crippen molar-refractivity contribution in [2.45, 2.75) is 6.92 Å². The second-order valence-electron chi connectivity index (χ2n) is 2.57. The number of benzene rings is 1. The van der Waals surface area contributed by atoms with E-state index in [-0.39, 0.29) is 5.17 Å². The van der Waals surface area contributed by atoms with Crippen molar-refractivity contribution in [1.29, 1.82) is 5.26 Å². The molecule has 0 fully saturated rings. The van der Waals surface area contributed by atoms with Crippen LogP contribution >= 0.6 is 12.2 Å². The molecule has 0 atom stereocenters. The fourth-order valence-corrected chi connectivity index (χ4v) is 1.08. The predicted octanol–water partition coefficient (Wildman–Crippen LogP) is 1.49. The molecular formula is C9H8N2OS. The van der Waals surface area contributed by atoms with Crippen LogP contribution in [0.15, 0.2) is 18.2 Å². The molecule has 66 valence electrons. The average Bonchev–Trinajstić information content (AvgIpc) is 2.01. The number of nitrogens with zero attached hydrogens (tertiary/aromatic N) is 1. The lowest BCUT2D eigenvalue weighted by atomic mass is 10.1. The summed E-state index contributed by atoms with van der Waals surface area (Å²) in [5.41, 5.74) is 6.66. The van der Waals surface area contributed by atoms with Crippen LogP contribution in [0, 0.1) is 18.3 Å². The third-order valence-electron chi connectivity index (χ3n) is 1.40. The van der Waals surface area contributed by atoms with Gasteiger partial charge in [0.25, 0.3) is 5.17 Å². The second kappa shape index (κ2) is 3.87. The first kappa shape index (κ1) is 9.49. The summed E-state index contributed by atoms with van der Waals surface area (Å²) in [5.74, 6) is 0.504. The first-order valence-corrected chi connectivity index (χ1v) is 4.01. The highest BCUT2D eigenvalue weighted by atomic mass is 32.1. The van der Waals surface area contributed by atoms with Gasteiger partial charge in [-0.25, -0.2) is 0 Å². The Morgan fingerprint density at radius 1 is 1.54 bits per heavy atom. The fraction of sp³-hybridized carbons (Fsp3) is 0.111. The number of nitriles is 1. The van der Waals surface area contributed by atoms with Crippen molar-refractivity contribution in [2.24, 2.45) is 5.73 Å². The van der Waals surface area contributed by atoms with Gasteiger partial charge in [0.2, 0.25) is 0 Å². The first-order chi connectivity index (χ1) is 6.11. The van der Waals surface area contributed by atoms with Crippen LogP contribution in [0.4, 0.5) is 0 Å². The summed E-state index contributed by atoms with van der Waals surface area (Å²) in [7, 11) is 0. The molecule has 13 heavy (non-hydrogen) atoms. The van der Waals surface area contributed by atoms with Crippen LogP contribution < -0.4 is 10.5 Å². The molecule has 0 heterocycles. The first-order valence-electron chi connectivity index (χ1n) is 3.61. The number of rotatable bonds is 1. The molecule has 0 aliphatic carbocycles. The quantitative estimate of drug-likeness (QED) is 0.685. The fourth-order valence-electron chi connectivity index (χ4n) is 0.988. The van der Waals surface area contributed by atoms with E-state index >= 15 is 0 Å². The lowest BCUT2D eigenvalue weighted by Crippen LogP contribution is -2.15. The molecule has 3 nitrogen and oxygen atoms in total. The highest BCUT2D eigenvalue weighted by Gasteiger charge is 1.99. The molecule has 0 radical (unpaired) electrons. The van der Waals surface area contributed by atoms with E-state index in [0.29, 0.717) is 11.3 Å². The van der Waals surface area contributed by atoms with Gasteiger partial charge < -0.3 is 10.5 Å². The molecule has 4 heteroatoms. The Hall–Kier alpha value is -1.60. The maximum Gasteiger partial charge on any atom is 0.259 e. The van der Waals surface area contributed by atoms with Crippen molar-refractivity contribution in [1.82, 2.24) is 0 Å². The predicted molar refractivity (Wildman–Crippen MR) is 53.3 cm³/mol. The van der Waals surface area contributed by atoms with E-state index < -0.39 is 0 Å². The Morgan fingerprint density at radius 3 is 2.77 bits per heavy atom. The highest BCUT2D eigenvalue weighted by Crippen LogP contribution is 2.15. The van der Waals surface area contributed by atoms with E-state index in [1.807, 2.05) is 13.0 Å². The molecule has 0 spiro atoms. The van der Waals surface area contributed by atoms with Gasteiger partial charge in [-0.15, -0.1) is 0 Å². The van der Waals surface area contributed by atoms with Gasteiger partial charge in [0.1, 0.15) is 5.75 Å². The van der Waals surface area contributed by atoms with Crippen LogP contribution in [-0.4, -0.2) is 5.17 Å².